The molecule has 0 bridgehead atoms. The molecule has 2 N–H and O–H groups in total. The number of nitrogens with zero attached hydrogens (tertiary/aromatic N) is 1. The third kappa shape index (κ3) is 3.58. The Labute approximate surface area is 130 Å². The van der Waals surface area contributed by atoms with Crippen LogP contribution >= 0.6 is 15.9 Å². The minimum Gasteiger partial charge on any atom is -0.392 e. The number of sulfonamides is 1. The van der Waals surface area contributed by atoms with E-state index >= 15 is 0 Å². The second-order valence-electron chi connectivity index (χ2n) is 4.30. The number of pyridine rings is 1. The average molecular weight is 375 g/mol. The van der Waals surface area contributed by atoms with Crippen molar-refractivity contribution in [3.63, 3.8) is 0 Å². The number of hydrogen-bond donors (Lipinski definition) is 2. The molecular formula is C13H12BrFN2O3S. The minimum absolute atomic E-state index is 0.0972. The van der Waals surface area contributed by atoms with Crippen molar-refractivity contribution in [2.24, 2.45) is 0 Å². The summed E-state index contributed by atoms with van der Waals surface area (Å²) in [6.07, 6.45) is 0. The SMILES string of the molecule is Cc1cccc(NS(=O)(=O)c2cc(Br)cc(CO)c2F)n1. The maximum atomic E-state index is 14.1. The van der Waals surface area contributed by atoms with Gasteiger partial charge in [0.05, 0.1) is 6.61 Å². The van der Waals surface area contributed by atoms with E-state index in [1.165, 1.54) is 12.1 Å². The van der Waals surface area contributed by atoms with E-state index in [4.69, 9.17) is 5.11 Å². The van der Waals surface area contributed by atoms with Crippen molar-refractivity contribution < 1.29 is 17.9 Å². The van der Waals surface area contributed by atoms with E-state index in [-0.39, 0.29) is 11.4 Å². The van der Waals surface area contributed by atoms with Crippen LogP contribution in [0, 0.1) is 12.7 Å². The van der Waals surface area contributed by atoms with Gasteiger partial charge < -0.3 is 5.11 Å². The number of anilines is 1. The summed E-state index contributed by atoms with van der Waals surface area (Å²) < 4.78 is 41.2. The number of aliphatic hydroxyl groups is 1. The van der Waals surface area contributed by atoms with Crippen molar-refractivity contribution >= 4 is 31.8 Å². The lowest BCUT2D eigenvalue weighted by atomic mass is 10.2. The normalized spacial score (nSPS) is 11.4. The van der Waals surface area contributed by atoms with Gasteiger partial charge >= 0.3 is 0 Å². The highest BCUT2D eigenvalue weighted by Gasteiger charge is 2.22. The number of aromatic nitrogens is 1. The zero-order valence-corrected chi connectivity index (χ0v) is 13.4. The Hall–Kier alpha value is -1.51. The molecule has 5 nitrogen and oxygen atoms in total. The lowest BCUT2D eigenvalue weighted by molar-refractivity contribution is 0.274. The summed E-state index contributed by atoms with van der Waals surface area (Å²) >= 11 is 3.09. The van der Waals surface area contributed by atoms with Crippen molar-refractivity contribution in [1.82, 2.24) is 4.98 Å². The Morgan fingerprint density at radius 1 is 1.38 bits per heavy atom. The molecular weight excluding hydrogens is 363 g/mol. The van der Waals surface area contributed by atoms with Gasteiger partial charge in [0.25, 0.3) is 10.0 Å². The molecule has 8 heteroatoms. The molecule has 0 saturated carbocycles. The molecule has 1 aromatic heterocycles. The Kier molecular flexibility index (Phi) is 4.60. The molecule has 2 aromatic rings. The van der Waals surface area contributed by atoms with Crippen LogP contribution < -0.4 is 4.72 Å². The third-order valence-electron chi connectivity index (χ3n) is 2.67. The lowest BCUT2D eigenvalue weighted by Crippen LogP contribution is -2.16. The molecule has 0 amide bonds. The first kappa shape index (κ1) is 15.9. The predicted molar refractivity (Wildman–Crippen MR) is 79.8 cm³/mol. The van der Waals surface area contributed by atoms with Crippen LogP contribution in [0.15, 0.2) is 39.7 Å². The number of halogens is 2. The van der Waals surface area contributed by atoms with Crippen LogP contribution in [-0.2, 0) is 16.6 Å². The van der Waals surface area contributed by atoms with Crippen LogP contribution in [0.5, 0.6) is 0 Å². The fourth-order valence-corrected chi connectivity index (χ4v) is 3.53. The van der Waals surface area contributed by atoms with Gasteiger partial charge in [-0.1, -0.05) is 22.0 Å². The second-order valence-corrected chi connectivity index (χ2v) is 6.87. The lowest BCUT2D eigenvalue weighted by Gasteiger charge is -2.11. The molecule has 0 aliphatic heterocycles. The van der Waals surface area contributed by atoms with Crippen molar-refractivity contribution in [1.29, 1.82) is 0 Å². The fourth-order valence-electron chi connectivity index (χ4n) is 1.72. The van der Waals surface area contributed by atoms with Crippen molar-refractivity contribution in [2.45, 2.75) is 18.4 Å². The standard InChI is InChI=1S/C13H12BrFN2O3S/c1-8-3-2-4-12(16-8)17-21(19,20)11-6-10(14)5-9(7-18)13(11)15/h2-6,18H,7H2,1H3,(H,16,17). The molecule has 0 aliphatic rings. The first-order valence-electron chi connectivity index (χ1n) is 5.89. The van der Waals surface area contributed by atoms with Gasteiger partial charge in [0, 0.05) is 15.7 Å². The molecule has 0 aliphatic carbocycles. The molecule has 0 radical (unpaired) electrons. The quantitative estimate of drug-likeness (QED) is 0.861. The maximum absolute atomic E-state index is 14.1. The summed E-state index contributed by atoms with van der Waals surface area (Å²) in [6, 6.07) is 7.26. The highest BCUT2D eigenvalue weighted by Crippen LogP contribution is 2.25. The van der Waals surface area contributed by atoms with Gasteiger partial charge in [0.15, 0.2) is 0 Å². The Balaban J connectivity index is 2.47. The van der Waals surface area contributed by atoms with Crippen LogP contribution in [0.4, 0.5) is 10.2 Å². The number of aryl methyl sites for hydroxylation is 1. The van der Waals surface area contributed by atoms with Gasteiger partial charge in [-0.05, 0) is 31.2 Å². The van der Waals surface area contributed by atoms with Crippen LogP contribution in [0.2, 0.25) is 0 Å². The van der Waals surface area contributed by atoms with Crippen molar-refractivity contribution in [3.05, 3.63) is 51.9 Å². The van der Waals surface area contributed by atoms with Gasteiger partial charge in [-0.3, -0.25) is 4.72 Å². The molecule has 112 valence electrons. The molecule has 1 aromatic carbocycles. The largest absolute Gasteiger partial charge is 0.392 e. The van der Waals surface area contributed by atoms with Gasteiger partial charge in [-0.15, -0.1) is 0 Å². The van der Waals surface area contributed by atoms with Crippen molar-refractivity contribution in [3.8, 4) is 0 Å². The van der Waals surface area contributed by atoms with Crippen LogP contribution in [0.3, 0.4) is 0 Å². The minimum atomic E-state index is -4.14. The number of benzene rings is 1. The highest BCUT2D eigenvalue weighted by atomic mass is 79.9. The van der Waals surface area contributed by atoms with E-state index in [2.05, 4.69) is 25.6 Å². The number of nitrogens with one attached hydrogen (secondary N) is 1. The van der Waals surface area contributed by atoms with E-state index in [1.807, 2.05) is 0 Å². The smallest absolute Gasteiger partial charge is 0.266 e. The molecule has 0 atom stereocenters. The summed E-state index contributed by atoms with van der Waals surface area (Å²) in [5.41, 5.74) is 0.517. The van der Waals surface area contributed by atoms with Gasteiger partial charge in [-0.2, -0.15) is 0 Å². The monoisotopic (exact) mass is 374 g/mol. The molecule has 0 spiro atoms. The molecule has 1 heterocycles. The van der Waals surface area contributed by atoms with Gasteiger partial charge in [-0.25, -0.2) is 17.8 Å². The molecule has 2 rings (SSSR count). The van der Waals surface area contributed by atoms with Crippen LogP contribution in [0.25, 0.3) is 0 Å². The van der Waals surface area contributed by atoms with Crippen LogP contribution in [0.1, 0.15) is 11.3 Å². The van der Waals surface area contributed by atoms with E-state index in [9.17, 15) is 12.8 Å². The van der Waals surface area contributed by atoms with Gasteiger partial charge in [0.1, 0.15) is 16.5 Å². The Morgan fingerprint density at radius 2 is 2.10 bits per heavy atom. The fraction of sp³-hybridized carbons (Fsp3) is 0.154. The molecule has 21 heavy (non-hydrogen) atoms. The molecule has 0 fully saturated rings. The second kappa shape index (κ2) is 6.08. The summed E-state index contributed by atoms with van der Waals surface area (Å²) in [5, 5.41) is 9.07. The Bertz CT molecular complexity index is 781. The number of aliphatic hydroxyl groups excluding tert-OH is 1. The topological polar surface area (TPSA) is 79.3 Å². The Morgan fingerprint density at radius 3 is 2.71 bits per heavy atom. The number of hydrogen-bond acceptors (Lipinski definition) is 4. The zero-order valence-electron chi connectivity index (χ0n) is 11.0. The summed E-state index contributed by atoms with van der Waals surface area (Å²) in [5.74, 6) is -0.888. The number of rotatable bonds is 4. The predicted octanol–water partition coefficient (Wildman–Crippen LogP) is 2.58. The summed E-state index contributed by atoms with van der Waals surface area (Å²) in [7, 11) is -4.14. The van der Waals surface area contributed by atoms with Crippen molar-refractivity contribution in [2.75, 3.05) is 4.72 Å². The van der Waals surface area contributed by atoms with E-state index in [0.29, 0.717) is 10.2 Å². The van der Waals surface area contributed by atoms with E-state index in [1.54, 1.807) is 19.1 Å². The van der Waals surface area contributed by atoms with E-state index < -0.39 is 27.3 Å². The summed E-state index contributed by atoms with van der Waals surface area (Å²) in [4.78, 5) is 3.45. The summed E-state index contributed by atoms with van der Waals surface area (Å²) in [6.45, 7) is 1.11. The van der Waals surface area contributed by atoms with Gasteiger partial charge in [0.2, 0.25) is 0 Å². The zero-order chi connectivity index (χ0) is 15.6. The van der Waals surface area contributed by atoms with E-state index in [0.717, 1.165) is 6.07 Å². The average Bonchev–Trinajstić information content (AvgIpc) is 2.40. The first-order chi connectivity index (χ1) is 9.83. The highest BCUT2D eigenvalue weighted by molar-refractivity contribution is 9.10. The molecule has 0 unspecified atom stereocenters. The third-order valence-corrected chi connectivity index (χ3v) is 4.48. The maximum Gasteiger partial charge on any atom is 0.266 e. The van der Waals surface area contributed by atoms with Crippen LogP contribution in [-0.4, -0.2) is 18.5 Å². The molecule has 0 saturated heterocycles. The first-order valence-corrected chi connectivity index (χ1v) is 8.16.